The first-order valence-corrected chi connectivity index (χ1v) is 3.77. The molecule has 1 aromatic rings. The van der Waals surface area contributed by atoms with Crippen LogP contribution in [0.4, 0.5) is 8.78 Å². The summed E-state index contributed by atoms with van der Waals surface area (Å²) in [6.45, 7) is -0.269. The third-order valence-electron chi connectivity index (χ3n) is 1.73. The average molecular weight is 202 g/mol. The van der Waals surface area contributed by atoms with Gasteiger partial charge in [-0.1, -0.05) is 0 Å². The molecule has 0 unspecified atom stereocenters. The summed E-state index contributed by atoms with van der Waals surface area (Å²) >= 11 is 0. The van der Waals surface area contributed by atoms with Crippen LogP contribution >= 0.6 is 0 Å². The van der Waals surface area contributed by atoms with Crippen molar-refractivity contribution in [3.63, 3.8) is 0 Å². The zero-order valence-electron chi connectivity index (χ0n) is 7.08. The Kier molecular flexibility index (Phi) is 3.08. The van der Waals surface area contributed by atoms with Gasteiger partial charge in [0.05, 0.1) is 5.56 Å². The topological polar surface area (TPSA) is 76.2 Å². The second-order valence-corrected chi connectivity index (χ2v) is 2.53. The molecule has 1 heterocycles. The van der Waals surface area contributed by atoms with E-state index in [1.807, 2.05) is 0 Å². The summed E-state index contributed by atoms with van der Waals surface area (Å²) in [5.41, 5.74) is 4.29. The van der Waals surface area contributed by atoms with Crippen LogP contribution in [0, 0.1) is 0 Å². The van der Waals surface area contributed by atoms with Gasteiger partial charge in [-0.15, -0.1) is 0 Å². The summed E-state index contributed by atoms with van der Waals surface area (Å²) in [6, 6.07) is 1.15. The fraction of sp³-hybridized carbons (Fsp3) is 0.250. The van der Waals surface area contributed by atoms with E-state index < -0.39 is 18.1 Å². The highest BCUT2D eigenvalue weighted by molar-refractivity contribution is 5.89. The molecular formula is C8H8F2N2O2. The monoisotopic (exact) mass is 202 g/mol. The number of hydrogen-bond donors (Lipinski definition) is 2. The van der Waals surface area contributed by atoms with Crippen LogP contribution in [0.2, 0.25) is 0 Å². The fourth-order valence-corrected chi connectivity index (χ4v) is 1.11. The molecule has 1 aromatic heterocycles. The molecule has 0 aliphatic carbocycles. The van der Waals surface area contributed by atoms with Crippen molar-refractivity contribution in [3.8, 4) is 0 Å². The lowest BCUT2D eigenvalue weighted by Gasteiger charge is -2.08. The third-order valence-corrected chi connectivity index (χ3v) is 1.73. The summed E-state index contributed by atoms with van der Waals surface area (Å²) in [4.78, 5) is 14.0. The average Bonchev–Trinajstić information content (AvgIpc) is 2.16. The Labute approximate surface area is 78.4 Å². The lowest BCUT2D eigenvalue weighted by Crippen LogP contribution is -2.11. The zero-order valence-corrected chi connectivity index (χ0v) is 7.08. The predicted octanol–water partition coefficient (Wildman–Crippen LogP) is 1.18. The minimum atomic E-state index is -2.81. The van der Waals surface area contributed by atoms with Crippen LogP contribution in [0.25, 0.3) is 0 Å². The van der Waals surface area contributed by atoms with Crippen molar-refractivity contribution >= 4 is 5.97 Å². The number of carboxylic acid groups (broad SMARTS) is 1. The van der Waals surface area contributed by atoms with Crippen molar-refractivity contribution in [3.05, 3.63) is 29.1 Å². The van der Waals surface area contributed by atoms with Gasteiger partial charge in [-0.3, -0.25) is 4.98 Å². The van der Waals surface area contributed by atoms with E-state index in [9.17, 15) is 13.6 Å². The number of carbonyl (C=O) groups is 1. The highest BCUT2D eigenvalue weighted by Gasteiger charge is 2.19. The highest BCUT2D eigenvalue weighted by atomic mass is 19.3. The van der Waals surface area contributed by atoms with Gasteiger partial charge in [-0.25, -0.2) is 13.6 Å². The highest BCUT2D eigenvalue weighted by Crippen LogP contribution is 2.22. The number of nitrogens with zero attached hydrogens (tertiary/aromatic N) is 1. The van der Waals surface area contributed by atoms with E-state index in [1.165, 1.54) is 0 Å². The Morgan fingerprint density at radius 1 is 1.64 bits per heavy atom. The van der Waals surface area contributed by atoms with E-state index in [-0.39, 0.29) is 17.7 Å². The number of nitrogens with two attached hydrogens (primary N) is 1. The van der Waals surface area contributed by atoms with Gasteiger partial charge in [0.2, 0.25) is 0 Å². The summed E-state index contributed by atoms with van der Waals surface area (Å²) in [6.07, 6.45) is -1.78. The molecule has 0 aromatic carbocycles. The standard InChI is InChI=1S/C8H8F2N2O2/c9-7(10)6-5(3-11)4(8(13)14)1-2-12-6/h1-2,7H,3,11H2,(H,13,14). The van der Waals surface area contributed by atoms with E-state index in [1.54, 1.807) is 0 Å². The third kappa shape index (κ3) is 1.85. The lowest BCUT2D eigenvalue weighted by molar-refractivity contribution is 0.0694. The van der Waals surface area contributed by atoms with E-state index in [4.69, 9.17) is 10.8 Å². The van der Waals surface area contributed by atoms with Crippen molar-refractivity contribution in [1.29, 1.82) is 0 Å². The van der Waals surface area contributed by atoms with Crippen molar-refractivity contribution in [2.45, 2.75) is 13.0 Å². The van der Waals surface area contributed by atoms with Crippen LogP contribution in [0.3, 0.4) is 0 Å². The smallest absolute Gasteiger partial charge is 0.336 e. The molecular weight excluding hydrogens is 194 g/mol. The van der Waals surface area contributed by atoms with Crippen LogP contribution in [-0.2, 0) is 6.54 Å². The van der Waals surface area contributed by atoms with Gasteiger partial charge >= 0.3 is 5.97 Å². The molecule has 0 fully saturated rings. The number of carboxylic acids is 1. The lowest BCUT2D eigenvalue weighted by atomic mass is 10.1. The first kappa shape index (κ1) is 10.5. The quantitative estimate of drug-likeness (QED) is 0.771. The molecule has 0 saturated heterocycles. The second kappa shape index (κ2) is 4.10. The normalized spacial score (nSPS) is 10.6. The van der Waals surface area contributed by atoms with Gasteiger partial charge in [0.15, 0.2) is 0 Å². The van der Waals surface area contributed by atoms with Crippen LogP contribution < -0.4 is 5.73 Å². The molecule has 0 saturated carbocycles. The number of halogens is 2. The first-order valence-electron chi connectivity index (χ1n) is 3.77. The summed E-state index contributed by atoms with van der Waals surface area (Å²) in [5.74, 6) is -1.28. The summed E-state index contributed by atoms with van der Waals surface area (Å²) in [5, 5.41) is 8.67. The molecule has 4 nitrogen and oxygen atoms in total. The molecule has 0 amide bonds. The largest absolute Gasteiger partial charge is 0.478 e. The summed E-state index contributed by atoms with van der Waals surface area (Å²) in [7, 11) is 0. The minimum Gasteiger partial charge on any atom is -0.478 e. The molecule has 0 radical (unpaired) electrons. The summed E-state index contributed by atoms with van der Waals surface area (Å²) < 4.78 is 24.7. The van der Waals surface area contributed by atoms with Crippen LogP contribution in [-0.4, -0.2) is 16.1 Å². The van der Waals surface area contributed by atoms with Crippen LogP contribution in [0.1, 0.15) is 28.0 Å². The van der Waals surface area contributed by atoms with Gasteiger partial charge < -0.3 is 10.8 Å². The molecule has 1 rings (SSSR count). The Hall–Kier alpha value is -1.56. The van der Waals surface area contributed by atoms with Gasteiger partial charge in [0.25, 0.3) is 6.43 Å². The number of aromatic nitrogens is 1. The fourth-order valence-electron chi connectivity index (χ4n) is 1.11. The zero-order chi connectivity index (χ0) is 10.7. The number of rotatable bonds is 3. The molecule has 14 heavy (non-hydrogen) atoms. The Morgan fingerprint density at radius 3 is 2.71 bits per heavy atom. The van der Waals surface area contributed by atoms with Crippen LogP contribution in [0.5, 0.6) is 0 Å². The van der Waals surface area contributed by atoms with Crippen molar-refractivity contribution in [1.82, 2.24) is 4.98 Å². The molecule has 3 N–H and O–H groups in total. The second-order valence-electron chi connectivity index (χ2n) is 2.53. The van der Waals surface area contributed by atoms with Crippen LogP contribution in [0.15, 0.2) is 12.3 Å². The maximum atomic E-state index is 12.3. The number of aromatic carboxylic acids is 1. The Bertz CT molecular complexity index is 355. The van der Waals surface area contributed by atoms with Gasteiger partial charge in [-0.05, 0) is 6.07 Å². The Morgan fingerprint density at radius 2 is 2.29 bits per heavy atom. The molecule has 0 aliphatic heterocycles. The molecule has 0 atom stereocenters. The maximum Gasteiger partial charge on any atom is 0.336 e. The molecule has 0 bridgehead atoms. The number of pyridine rings is 1. The number of alkyl halides is 2. The SMILES string of the molecule is NCc1c(C(=O)O)ccnc1C(F)F. The van der Waals surface area contributed by atoms with Gasteiger partial charge in [-0.2, -0.15) is 0 Å². The minimum absolute atomic E-state index is 0.116. The molecule has 0 aliphatic rings. The van der Waals surface area contributed by atoms with Crippen molar-refractivity contribution in [2.24, 2.45) is 5.73 Å². The van der Waals surface area contributed by atoms with Gasteiger partial charge in [0, 0.05) is 18.3 Å². The van der Waals surface area contributed by atoms with Crippen molar-refractivity contribution in [2.75, 3.05) is 0 Å². The first-order chi connectivity index (χ1) is 6.57. The van der Waals surface area contributed by atoms with E-state index in [0.717, 1.165) is 12.3 Å². The maximum absolute atomic E-state index is 12.3. The molecule has 76 valence electrons. The number of hydrogen-bond acceptors (Lipinski definition) is 3. The van der Waals surface area contributed by atoms with Crippen molar-refractivity contribution < 1.29 is 18.7 Å². The van der Waals surface area contributed by atoms with E-state index in [2.05, 4.69) is 4.98 Å². The molecule has 0 spiro atoms. The molecule has 6 heteroatoms. The Balaban J connectivity index is 3.32. The van der Waals surface area contributed by atoms with Gasteiger partial charge in [0.1, 0.15) is 5.69 Å². The van der Waals surface area contributed by atoms with E-state index >= 15 is 0 Å². The van der Waals surface area contributed by atoms with E-state index in [0.29, 0.717) is 0 Å². The predicted molar refractivity (Wildman–Crippen MR) is 44.0 cm³/mol.